The summed E-state index contributed by atoms with van der Waals surface area (Å²) >= 11 is 0. The fraction of sp³-hybridized carbons (Fsp3) is 0.294. The molecular formula is C17H18FNO4S2. The first-order valence-corrected chi connectivity index (χ1v) is 11.1. The number of hydrogen-bond acceptors (Lipinski definition) is 4. The molecule has 1 aliphatic carbocycles. The van der Waals surface area contributed by atoms with Crippen molar-refractivity contribution in [3.05, 3.63) is 59.9 Å². The van der Waals surface area contributed by atoms with Crippen molar-refractivity contribution < 1.29 is 21.2 Å². The van der Waals surface area contributed by atoms with Crippen LogP contribution in [-0.4, -0.2) is 33.4 Å². The van der Waals surface area contributed by atoms with Crippen molar-refractivity contribution in [2.45, 2.75) is 35.2 Å². The van der Waals surface area contributed by atoms with Crippen molar-refractivity contribution in [1.29, 1.82) is 0 Å². The van der Waals surface area contributed by atoms with Crippen LogP contribution in [0.1, 0.15) is 18.4 Å². The Morgan fingerprint density at radius 1 is 0.960 bits per heavy atom. The van der Waals surface area contributed by atoms with E-state index in [1.807, 2.05) is 0 Å². The van der Waals surface area contributed by atoms with Crippen LogP contribution in [-0.2, 0) is 26.4 Å². The lowest BCUT2D eigenvalue weighted by atomic mass is 10.2. The Hall–Kier alpha value is -1.77. The van der Waals surface area contributed by atoms with E-state index in [1.165, 1.54) is 46.8 Å². The Balaban J connectivity index is 2.07. The third kappa shape index (κ3) is 3.75. The summed E-state index contributed by atoms with van der Waals surface area (Å²) in [4.78, 5) is -0.505. The van der Waals surface area contributed by atoms with E-state index in [2.05, 4.69) is 0 Å². The van der Waals surface area contributed by atoms with Gasteiger partial charge in [-0.1, -0.05) is 30.3 Å². The topological polar surface area (TPSA) is 71.5 Å². The van der Waals surface area contributed by atoms with E-state index < -0.39 is 25.7 Å². The molecule has 1 saturated carbocycles. The minimum atomic E-state index is -4.08. The van der Waals surface area contributed by atoms with Gasteiger partial charge in [-0.2, -0.15) is 4.31 Å². The highest BCUT2D eigenvalue weighted by molar-refractivity contribution is 7.93. The molecule has 8 heteroatoms. The summed E-state index contributed by atoms with van der Waals surface area (Å²) in [7, 11) is -7.80. The average Bonchev–Trinajstić information content (AvgIpc) is 3.38. The van der Waals surface area contributed by atoms with Crippen molar-refractivity contribution in [2.75, 3.05) is 6.26 Å². The van der Waals surface area contributed by atoms with Crippen LogP contribution in [0.4, 0.5) is 4.39 Å². The minimum Gasteiger partial charge on any atom is -0.224 e. The lowest BCUT2D eigenvalue weighted by molar-refractivity contribution is 0.390. The first kappa shape index (κ1) is 18.0. The molecule has 0 heterocycles. The Bertz CT molecular complexity index is 999. The molecule has 2 aromatic rings. The molecule has 0 N–H and O–H groups in total. The highest BCUT2D eigenvalue weighted by Gasteiger charge is 2.40. The number of sulfonamides is 1. The molecule has 0 radical (unpaired) electrons. The zero-order valence-corrected chi connectivity index (χ0v) is 15.2. The summed E-state index contributed by atoms with van der Waals surface area (Å²) in [5.41, 5.74) is 0.259. The molecule has 0 aliphatic heterocycles. The second kappa shape index (κ2) is 6.51. The smallest absolute Gasteiger partial charge is 0.224 e. The maximum atomic E-state index is 14.0. The Labute approximate surface area is 147 Å². The van der Waals surface area contributed by atoms with Gasteiger partial charge in [-0.25, -0.2) is 21.2 Å². The zero-order chi connectivity index (χ0) is 18.2. The SMILES string of the molecule is CS(=O)(=O)c1ccccc1S(=O)(=O)N(Cc1ccccc1F)C1CC1. The van der Waals surface area contributed by atoms with Crippen LogP contribution in [0.2, 0.25) is 0 Å². The monoisotopic (exact) mass is 383 g/mol. The first-order chi connectivity index (χ1) is 11.7. The van der Waals surface area contributed by atoms with Crippen LogP contribution in [0.25, 0.3) is 0 Å². The standard InChI is InChI=1S/C17H18FNO4S2/c1-24(20,21)16-8-4-5-9-17(16)25(22,23)19(14-10-11-14)12-13-6-2-3-7-15(13)18/h2-9,14H,10-12H2,1H3. The highest BCUT2D eigenvalue weighted by Crippen LogP contribution is 2.35. The van der Waals surface area contributed by atoms with Crippen LogP contribution in [0.5, 0.6) is 0 Å². The van der Waals surface area contributed by atoms with Crippen LogP contribution in [0.3, 0.4) is 0 Å². The predicted molar refractivity (Wildman–Crippen MR) is 91.7 cm³/mol. The second-order valence-electron chi connectivity index (χ2n) is 6.09. The molecule has 0 aromatic heterocycles. The molecule has 0 amide bonds. The van der Waals surface area contributed by atoms with Gasteiger partial charge in [0.25, 0.3) is 0 Å². The summed E-state index contributed by atoms with van der Waals surface area (Å²) in [6, 6.07) is 11.3. The van der Waals surface area contributed by atoms with Gasteiger partial charge in [-0.3, -0.25) is 0 Å². The molecule has 0 unspecified atom stereocenters. The van der Waals surface area contributed by atoms with Gasteiger partial charge in [0.15, 0.2) is 9.84 Å². The molecule has 0 atom stereocenters. The van der Waals surface area contributed by atoms with Gasteiger partial charge in [0.1, 0.15) is 10.7 Å². The molecule has 134 valence electrons. The van der Waals surface area contributed by atoms with E-state index in [4.69, 9.17) is 0 Å². The van der Waals surface area contributed by atoms with Crippen molar-refractivity contribution in [1.82, 2.24) is 4.31 Å². The summed E-state index contributed by atoms with van der Waals surface area (Å²) < 4.78 is 65.4. The van der Waals surface area contributed by atoms with Gasteiger partial charge < -0.3 is 0 Å². The van der Waals surface area contributed by atoms with Crippen LogP contribution in [0, 0.1) is 5.82 Å². The van der Waals surface area contributed by atoms with E-state index in [9.17, 15) is 21.2 Å². The largest absolute Gasteiger partial charge is 0.244 e. The molecule has 2 aromatic carbocycles. The third-order valence-corrected chi connectivity index (χ3v) is 7.31. The number of nitrogens with zero attached hydrogens (tertiary/aromatic N) is 1. The number of hydrogen-bond donors (Lipinski definition) is 0. The normalized spacial score (nSPS) is 15.5. The van der Waals surface area contributed by atoms with E-state index in [0.29, 0.717) is 12.8 Å². The van der Waals surface area contributed by atoms with E-state index >= 15 is 0 Å². The van der Waals surface area contributed by atoms with Gasteiger partial charge in [-0.15, -0.1) is 0 Å². The molecule has 0 saturated heterocycles. The van der Waals surface area contributed by atoms with Crippen molar-refractivity contribution in [3.63, 3.8) is 0 Å². The average molecular weight is 383 g/mol. The predicted octanol–water partition coefficient (Wildman–Crippen LogP) is 2.58. The molecule has 0 bridgehead atoms. The zero-order valence-electron chi connectivity index (χ0n) is 13.6. The van der Waals surface area contributed by atoms with Gasteiger partial charge in [0, 0.05) is 24.4 Å². The lowest BCUT2D eigenvalue weighted by Gasteiger charge is -2.23. The van der Waals surface area contributed by atoms with Crippen LogP contribution >= 0.6 is 0 Å². The first-order valence-electron chi connectivity index (χ1n) is 7.75. The summed E-state index contributed by atoms with van der Waals surface area (Å²) in [5.74, 6) is -0.486. The molecule has 1 aliphatic rings. The van der Waals surface area contributed by atoms with E-state index in [1.54, 1.807) is 6.07 Å². The quantitative estimate of drug-likeness (QED) is 0.769. The summed E-state index contributed by atoms with van der Waals surface area (Å²) in [5, 5.41) is 0. The molecule has 5 nitrogen and oxygen atoms in total. The van der Waals surface area contributed by atoms with Gasteiger partial charge >= 0.3 is 0 Å². The Morgan fingerprint density at radius 2 is 1.52 bits per heavy atom. The fourth-order valence-corrected chi connectivity index (χ4v) is 5.93. The molecule has 25 heavy (non-hydrogen) atoms. The fourth-order valence-electron chi connectivity index (χ4n) is 2.66. The number of benzene rings is 2. The minimum absolute atomic E-state index is 0.127. The maximum Gasteiger partial charge on any atom is 0.244 e. The van der Waals surface area contributed by atoms with E-state index in [0.717, 1.165) is 6.26 Å². The summed E-state index contributed by atoms with van der Waals surface area (Å²) in [6.45, 7) is -0.127. The van der Waals surface area contributed by atoms with Gasteiger partial charge in [0.05, 0.1) is 4.90 Å². The van der Waals surface area contributed by atoms with Crippen molar-refractivity contribution >= 4 is 19.9 Å². The lowest BCUT2D eigenvalue weighted by Crippen LogP contribution is -2.33. The van der Waals surface area contributed by atoms with Gasteiger partial charge in [0.2, 0.25) is 10.0 Å². The van der Waals surface area contributed by atoms with Crippen LogP contribution < -0.4 is 0 Å². The molecule has 1 fully saturated rings. The van der Waals surface area contributed by atoms with E-state index in [-0.39, 0.29) is 27.9 Å². The highest BCUT2D eigenvalue weighted by atomic mass is 32.2. The second-order valence-corrected chi connectivity index (χ2v) is 9.93. The number of rotatable bonds is 6. The van der Waals surface area contributed by atoms with Crippen LogP contribution in [0.15, 0.2) is 58.3 Å². The summed E-state index contributed by atoms with van der Waals surface area (Å²) in [6.07, 6.45) is 2.32. The maximum absolute atomic E-state index is 14.0. The van der Waals surface area contributed by atoms with Gasteiger partial charge in [-0.05, 0) is 31.0 Å². The molecule has 0 spiro atoms. The molecule has 3 rings (SSSR count). The third-order valence-electron chi connectivity index (χ3n) is 4.07. The Morgan fingerprint density at radius 3 is 2.08 bits per heavy atom. The Kier molecular flexibility index (Phi) is 4.70. The van der Waals surface area contributed by atoms with Crippen molar-refractivity contribution in [2.24, 2.45) is 0 Å². The van der Waals surface area contributed by atoms with Crippen molar-refractivity contribution in [3.8, 4) is 0 Å². The molecular weight excluding hydrogens is 365 g/mol. The number of halogens is 1. The number of sulfone groups is 1.